The first kappa shape index (κ1) is 23.0. The summed E-state index contributed by atoms with van der Waals surface area (Å²) < 4.78 is 2.20. The average Bonchev–Trinajstić information content (AvgIpc) is 3.66. The first-order valence-corrected chi connectivity index (χ1v) is 13.6. The van der Waals surface area contributed by atoms with Crippen molar-refractivity contribution in [1.29, 1.82) is 0 Å². The molecule has 1 aromatic carbocycles. The fourth-order valence-corrected chi connectivity index (χ4v) is 6.35. The Bertz CT molecular complexity index is 1160. The van der Waals surface area contributed by atoms with Crippen LogP contribution < -0.4 is 0 Å². The van der Waals surface area contributed by atoms with Gasteiger partial charge in [-0.25, -0.2) is 4.98 Å². The Hall–Kier alpha value is -2.74. The number of benzene rings is 1. The second-order valence-corrected chi connectivity index (χ2v) is 10.8. The Morgan fingerprint density at radius 2 is 1.88 bits per heavy atom. The maximum Gasteiger partial charge on any atom is 0.263 e. The van der Waals surface area contributed by atoms with Crippen LogP contribution in [0.4, 0.5) is 0 Å². The van der Waals surface area contributed by atoms with Gasteiger partial charge >= 0.3 is 0 Å². The van der Waals surface area contributed by atoms with Crippen LogP contribution in [0.25, 0.3) is 5.13 Å². The van der Waals surface area contributed by atoms with Gasteiger partial charge in [-0.05, 0) is 67.4 Å². The lowest BCUT2D eigenvalue weighted by molar-refractivity contribution is 0.0588. The number of carbonyl (C=O) groups excluding carboxylic acids is 1. The van der Waals surface area contributed by atoms with Crippen LogP contribution in [0.3, 0.4) is 0 Å². The maximum absolute atomic E-state index is 13.2. The molecule has 1 amide bonds. The molecule has 34 heavy (non-hydrogen) atoms. The molecule has 0 aliphatic carbocycles. The van der Waals surface area contributed by atoms with E-state index in [4.69, 9.17) is 0 Å². The summed E-state index contributed by atoms with van der Waals surface area (Å²) in [5, 5.41) is 5.02. The second-order valence-electron chi connectivity index (χ2n) is 8.95. The van der Waals surface area contributed by atoms with Gasteiger partial charge in [0, 0.05) is 43.1 Å². The van der Waals surface area contributed by atoms with E-state index < -0.39 is 0 Å². The summed E-state index contributed by atoms with van der Waals surface area (Å²) in [6.45, 7) is 3.01. The first-order chi connectivity index (χ1) is 16.7. The lowest BCUT2D eigenvalue weighted by atomic mass is 9.85. The Labute approximate surface area is 209 Å². The minimum Gasteiger partial charge on any atom is -0.337 e. The van der Waals surface area contributed by atoms with Crippen LogP contribution in [-0.4, -0.2) is 51.4 Å². The van der Waals surface area contributed by atoms with E-state index in [0.29, 0.717) is 5.92 Å². The third kappa shape index (κ3) is 5.17. The largest absolute Gasteiger partial charge is 0.337 e. The van der Waals surface area contributed by atoms with E-state index in [1.54, 1.807) is 11.3 Å². The third-order valence-electron chi connectivity index (χ3n) is 6.86. The van der Waals surface area contributed by atoms with E-state index in [-0.39, 0.29) is 11.9 Å². The van der Waals surface area contributed by atoms with Crippen LogP contribution in [0.2, 0.25) is 0 Å². The Morgan fingerprint density at radius 1 is 1.06 bits per heavy atom. The molecule has 7 heteroatoms. The summed E-state index contributed by atoms with van der Waals surface area (Å²) in [5.74, 6) is 0.621. The molecular formula is C27H30N4OS2. The van der Waals surface area contributed by atoms with E-state index in [9.17, 15) is 4.79 Å². The lowest BCUT2D eigenvalue weighted by Gasteiger charge is -2.40. The Balaban J connectivity index is 1.27. The molecule has 0 N–H and O–H groups in total. The summed E-state index contributed by atoms with van der Waals surface area (Å²) in [4.78, 5) is 23.1. The van der Waals surface area contributed by atoms with Crippen molar-refractivity contribution in [3.05, 3.63) is 93.9 Å². The van der Waals surface area contributed by atoms with Crippen molar-refractivity contribution in [3.8, 4) is 5.13 Å². The third-order valence-corrected chi connectivity index (χ3v) is 8.49. The number of thiophene rings is 1. The SMILES string of the molecule is CN(C(=O)c1cccs1)[C@@H](Cc1ccccc1)C1CCN(Cc2cccn2-c2nccs2)CC1. The Kier molecular flexibility index (Phi) is 7.23. The highest BCUT2D eigenvalue weighted by atomic mass is 32.1. The fourth-order valence-electron chi connectivity index (χ4n) is 4.99. The zero-order valence-electron chi connectivity index (χ0n) is 19.4. The standard InChI is InChI=1S/C27H30N4OS2/c1-29(26(32)25-10-6-17-33-25)24(19-21-7-3-2-4-8-21)22-11-15-30(16-12-22)20-23-9-5-14-31(23)27-28-13-18-34-27/h2-10,13-14,17-18,22,24H,11-12,15-16,19-20H2,1H3/t24-/m0/s1. The molecule has 1 aliphatic rings. The highest BCUT2D eigenvalue weighted by Gasteiger charge is 2.32. The molecule has 1 fully saturated rings. The van der Waals surface area contributed by atoms with E-state index in [1.807, 2.05) is 41.0 Å². The number of hydrogen-bond acceptors (Lipinski definition) is 5. The fraction of sp³-hybridized carbons (Fsp3) is 0.333. The van der Waals surface area contributed by atoms with Crippen molar-refractivity contribution in [2.24, 2.45) is 5.92 Å². The molecule has 3 aromatic heterocycles. The number of nitrogens with zero attached hydrogens (tertiary/aromatic N) is 4. The number of piperidine rings is 1. The van der Waals surface area contributed by atoms with Crippen molar-refractivity contribution in [2.75, 3.05) is 20.1 Å². The van der Waals surface area contributed by atoms with Crippen molar-refractivity contribution in [1.82, 2.24) is 19.4 Å². The van der Waals surface area contributed by atoms with Gasteiger partial charge in [0.2, 0.25) is 0 Å². The zero-order chi connectivity index (χ0) is 23.3. The van der Waals surface area contributed by atoms with E-state index in [0.717, 1.165) is 48.9 Å². The van der Waals surface area contributed by atoms with Gasteiger partial charge < -0.3 is 4.90 Å². The van der Waals surface area contributed by atoms with Crippen LogP contribution in [0.5, 0.6) is 0 Å². The monoisotopic (exact) mass is 490 g/mol. The highest BCUT2D eigenvalue weighted by molar-refractivity contribution is 7.12. The lowest BCUT2D eigenvalue weighted by Crippen LogP contribution is -2.47. The smallest absolute Gasteiger partial charge is 0.263 e. The minimum absolute atomic E-state index is 0.139. The molecular weight excluding hydrogens is 460 g/mol. The van der Waals surface area contributed by atoms with Crippen LogP contribution >= 0.6 is 22.7 Å². The number of rotatable bonds is 8. The second kappa shape index (κ2) is 10.7. The molecule has 0 unspecified atom stereocenters. The van der Waals surface area contributed by atoms with Crippen molar-refractivity contribution in [2.45, 2.75) is 31.8 Å². The number of carbonyl (C=O) groups is 1. The van der Waals surface area contributed by atoms with Gasteiger partial charge in [-0.1, -0.05) is 36.4 Å². The molecule has 5 rings (SSSR count). The van der Waals surface area contributed by atoms with Gasteiger partial charge in [-0.3, -0.25) is 14.3 Å². The summed E-state index contributed by atoms with van der Waals surface area (Å²) in [7, 11) is 1.99. The molecule has 0 radical (unpaired) electrons. The summed E-state index contributed by atoms with van der Waals surface area (Å²) >= 11 is 3.19. The summed E-state index contributed by atoms with van der Waals surface area (Å²) in [6, 6.07) is 19.0. The van der Waals surface area contributed by atoms with Crippen LogP contribution in [-0.2, 0) is 13.0 Å². The van der Waals surface area contributed by atoms with Gasteiger partial charge in [0.25, 0.3) is 5.91 Å². The van der Waals surface area contributed by atoms with Gasteiger partial charge in [0.15, 0.2) is 5.13 Å². The number of hydrogen-bond donors (Lipinski definition) is 0. The molecule has 4 heterocycles. The molecule has 176 valence electrons. The molecule has 1 saturated heterocycles. The van der Waals surface area contributed by atoms with E-state index in [1.165, 1.54) is 22.6 Å². The van der Waals surface area contributed by atoms with Gasteiger partial charge in [-0.15, -0.1) is 22.7 Å². The predicted molar refractivity (Wildman–Crippen MR) is 140 cm³/mol. The van der Waals surface area contributed by atoms with Crippen LogP contribution in [0.15, 0.2) is 77.8 Å². The van der Waals surface area contributed by atoms with E-state index in [2.05, 4.69) is 63.1 Å². The molecule has 0 saturated carbocycles. The topological polar surface area (TPSA) is 41.4 Å². The molecule has 1 aliphatic heterocycles. The number of likely N-dealkylation sites (tertiary alicyclic amines) is 1. The molecule has 4 aromatic rings. The van der Waals surface area contributed by atoms with Crippen LogP contribution in [0, 0.1) is 5.92 Å². The number of thiazole rings is 1. The predicted octanol–water partition coefficient (Wildman–Crippen LogP) is 5.59. The van der Waals surface area contributed by atoms with Gasteiger partial charge in [-0.2, -0.15) is 0 Å². The highest BCUT2D eigenvalue weighted by Crippen LogP contribution is 2.29. The molecule has 0 bridgehead atoms. The first-order valence-electron chi connectivity index (χ1n) is 11.8. The van der Waals surface area contributed by atoms with Crippen molar-refractivity contribution < 1.29 is 4.79 Å². The molecule has 0 spiro atoms. The maximum atomic E-state index is 13.2. The normalized spacial score (nSPS) is 15.9. The van der Waals surface area contributed by atoms with Crippen molar-refractivity contribution in [3.63, 3.8) is 0 Å². The van der Waals surface area contributed by atoms with Crippen LogP contribution in [0.1, 0.15) is 33.8 Å². The quantitative estimate of drug-likeness (QED) is 0.323. The number of likely N-dealkylation sites (N-methyl/N-ethyl adjacent to an activating group) is 1. The average molecular weight is 491 g/mol. The zero-order valence-corrected chi connectivity index (χ0v) is 21.0. The number of amides is 1. The summed E-state index contributed by atoms with van der Waals surface area (Å²) in [6.07, 6.45) is 7.04. The molecule has 1 atom stereocenters. The van der Waals surface area contributed by atoms with E-state index >= 15 is 0 Å². The van der Waals surface area contributed by atoms with Crippen molar-refractivity contribution >= 4 is 28.6 Å². The minimum atomic E-state index is 0.139. The van der Waals surface area contributed by atoms with Gasteiger partial charge in [0.1, 0.15) is 0 Å². The number of aromatic nitrogens is 2. The Morgan fingerprint density at radius 3 is 2.59 bits per heavy atom. The van der Waals surface area contributed by atoms with Gasteiger partial charge in [0.05, 0.1) is 4.88 Å². The summed E-state index contributed by atoms with van der Waals surface area (Å²) in [5.41, 5.74) is 2.57. The molecule has 5 nitrogen and oxygen atoms in total.